The summed E-state index contributed by atoms with van der Waals surface area (Å²) in [6, 6.07) is 0. The molecule has 0 rings (SSSR count). The molecule has 1 N–H and O–H groups in total. The zero-order valence-electron chi connectivity index (χ0n) is 8.37. The van der Waals surface area contributed by atoms with Crippen LogP contribution in [0.15, 0.2) is 0 Å². The molecular weight excluding hydrogens is 246 g/mol. The SMILES string of the molecule is CS(=O)(=O)N(CCCC(=O)O)S(C)(=O)=O. The van der Waals surface area contributed by atoms with E-state index in [1.54, 1.807) is 0 Å². The Balaban J connectivity index is 4.65. The lowest BCUT2D eigenvalue weighted by molar-refractivity contribution is -0.137. The van der Waals surface area contributed by atoms with Gasteiger partial charge in [-0.1, -0.05) is 3.71 Å². The van der Waals surface area contributed by atoms with Crippen molar-refractivity contribution in [3.05, 3.63) is 0 Å². The standard InChI is InChI=1S/C6H13NO6S2/c1-14(10,11)7(15(2,12)13)5-3-4-6(8)9/h3-5H2,1-2H3,(H,8,9). The van der Waals surface area contributed by atoms with Crippen LogP contribution in [0.4, 0.5) is 0 Å². The Labute approximate surface area is 88.8 Å². The molecule has 0 aromatic carbocycles. The van der Waals surface area contributed by atoms with Crippen LogP contribution < -0.4 is 0 Å². The molecule has 0 spiro atoms. The predicted molar refractivity (Wildman–Crippen MR) is 53.3 cm³/mol. The Hall–Kier alpha value is -0.670. The number of hydrogen-bond acceptors (Lipinski definition) is 5. The Morgan fingerprint density at radius 2 is 1.53 bits per heavy atom. The zero-order chi connectivity index (χ0) is 12.3. The summed E-state index contributed by atoms with van der Waals surface area (Å²) in [7, 11) is -7.74. The molecule has 0 atom stereocenters. The van der Waals surface area contributed by atoms with E-state index >= 15 is 0 Å². The van der Waals surface area contributed by atoms with Crippen molar-refractivity contribution in [2.24, 2.45) is 0 Å². The van der Waals surface area contributed by atoms with E-state index in [2.05, 4.69) is 0 Å². The van der Waals surface area contributed by atoms with Crippen LogP contribution in [0.5, 0.6) is 0 Å². The summed E-state index contributed by atoms with van der Waals surface area (Å²) in [4.78, 5) is 10.2. The van der Waals surface area contributed by atoms with Gasteiger partial charge in [0.1, 0.15) is 0 Å². The van der Waals surface area contributed by atoms with Crippen LogP contribution in [0, 0.1) is 0 Å². The first-order valence-electron chi connectivity index (χ1n) is 3.95. The largest absolute Gasteiger partial charge is 0.481 e. The summed E-state index contributed by atoms with van der Waals surface area (Å²) >= 11 is 0. The molecular formula is C6H13NO6S2. The van der Waals surface area contributed by atoms with Gasteiger partial charge in [-0.15, -0.1) is 0 Å². The van der Waals surface area contributed by atoms with Gasteiger partial charge in [0.15, 0.2) is 0 Å². The predicted octanol–water partition coefficient (Wildman–Crippen LogP) is -0.928. The molecule has 0 aliphatic carbocycles. The summed E-state index contributed by atoms with van der Waals surface area (Å²) in [5.41, 5.74) is 0. The maximum absolute atomic E-state index is 11.1. The molecule has 0 saturated carbocycles. The lowest BCUT2D eigenvalue weighted by atomic mass is 10.3. The van der Waals surface area contributed by atoms with Crippen molar-refractivity contribution in [2.45, 2.75) is 12.8 Å². The van der Waals surface area contributed by atoms with E-state index in [0.717, 1.165) is 12.5 Å². The average Bonchev–Trinajstić information content (AvgIpc) is 1.92. The van der Waals surface area contributed by atoms with Crippen LogP contribution in [-0.2, 0) is 24.8 Å². The number of hydrogen-bond donors (Lipinski definition) is 1. The molecule has 0 aliphatic heterocycles. The van der Waals surface area contributed by atoms with Crippen LogP contribution in [0.25, 0.3) is 0 Å². The molecule has 0 aliphatic rings. The minimum Gasteiger partial charge on any atom is -0.481 e. The fourth-order valence-electron chi connectivity index (χ4n) is 0.937. The Bertz CT molecular complexity index is 391. The number of rotatable bonds is 6. The van der Waals surface area contributed by atoms with Gasteiger partial charge in [-0.25, -0.2) is 16.8 Å². The molecule has 0 bridgehead atoms. The third-order valence-electron chi connectivity index (χ3n) is 1.47. The van der Waals surface area contributed by atoms with Crippen molar-refractivity contribution >= 4 is 26.0 Å². The molecule has 0 radical (unpaired) electrons. The second kappa shape index (κ2) is 4.90. The van der Waals surface area contributed by atoms with Gasteiger partial charge in [0, 0.05) is 13.0 Å². The molecule has 0 unspecified atom stereocenters. The third kappa shape index (κ3) is 5.70. The highest BCUT2D eigenvalue weighted by atomic mass is 32.3. The molecule has 15 heavy (non-hydrogen) atoms. The van der Waals surface area contributed by atoms with E-state index in [1.807, 2.05) is 0 Å². The number of nitrogens with zero attached hydrogens (tertiary/aromatic N) is 1. The highest BCUT2D eigenvalue weighted by molar-refractivity contribution is 8.03. The van der Waals surface area contributed by atoms with E-state index in [9.17, 15) is 21.6 Å². The van der Waals surface area contributed by atoms with Crippen molar-refractivity contribution in [2.75, 3.05) is 19.1 Å². The number of sulfonamides is 2. The van der Waals surface area contributed by atoms with Gasteiger partial charge < -0.3 is 5.11 Å². The minimum atomic E-state index is -3.87. The molecule has 0 amide bonds. The first-order chi connectivity index (χ1) is 6.55. The Morgan fingerprint density at radius 3 is 1.80 bits per heavy atom. The molecule has 9 heteroatoms. The van der Waals surface area contributed by atoms with E-state index in [0.29, 0.717) is 3.71 Å². The molecule has 0 fully saturated rings. The molecule has 0 saturated heterocycles. The van der Waals surface area contributed by atoms with Gasteiger partial charge in [-0.05, 0) is 6.42 Å². The Kier molecular flexibility index (Phi) is 4.68. The highest BCUT2D eigenvalue weighted by Crippen LogP contribution is 2.07. The highest BCUT2D eigenvalue weighted by Gasteiger charge is 2.26. The smallest absolute Gasteiger partial charge is 0.303 e. The molecule has 90 valence electrons. The van der Waals surface area contributed by atoms with Crippen molar-refractivity contribution < 1.29 is 26.7 Å². The molecule has 0 heterocycles. The van der Waals surface area contributed by atoms with Gasteiger partial charge in [0.2, 0.25) is 20.0 Å². The minimum absolute atomic E-state index is 0.0462. The number of carboxylic acid groups (broad SMARTS) is 1. The van der Waals surface area contributed by atoms with E-state index in [4.69, 9.17) is 5.11 Å². The summed E-state index contributed by atoms with van der Waals surface area (Å²) in [5, 5.41) is 8.31. The van der Waals surface area contributed by atoms with Crippen molar-refractivity contribution in [1.82, 2.24) is 3.71 Å². The first-order valence-corrected chi connectivity index (χ1v) is 7.64. The van der Waals surface area contributed by atoms with Gasteiger partial charge >= 0.3 is 5.97 Å². The second-order valence-electron chi connectivity index (χ2n) is 3.02. The number of carboxylic acids is 1. The van der Waals surface area contributed by atoms with Gasteiger partial charge in [0.05, 0.1) is 12.5 Å². The monoisotopic (exact) mass is 259 g/mol. The fourth-order valence-corrected chi connectivity index (χ4v) is 3.83. The van der Waals surface area contributed by atoms with Crippen LogP contribution >= 0.6 is 0 Å². The average molecular weight is 259 g/mol. The molecule has 0 aromatic heterocycles. The quantitative estimate of drug-likeness (QED) is 0.660. The van der Waals surface area contributed by atoms with Crippen molar-refractivity contribution in [3.8, 4) is 0 Å². The topological polar surface area (TPSA) is 109 Å². The molecule has 7 nitrogen and oxygen atoms in total. The third-order valence-corrected chi connectivity index (χ3v) is 4.94. The Morgan fingerprint density at radius 1 is 1.13 bits per heavy atom. The first kappa shape index (κ1) is 14.3. The van der Waals surface area contributed by atoms with Gasteiger partial charge in [-0.2, -0.15) is 0 Å². The van der Waals surface area contributed by atoms with E-state index in [1.165, 1.54) is 0 Å². The zero-order valence-corrected chi connectivity index (χ0v) is 10.0. The van der Waals surface area contributed by atoms with Gasteiger partial charge in [0.25, 0.3) is 0 Å². The van der Waals surface area contributed by atoms with Gasteiger partial charge in [-0.3, -0.25) is 4.79 Å². The summed E-state index contributed by atoms with van der Waals surface area (Å²) < 4.78 is 44.5. The summed E-state index contributed by atoms with van der Waals surface area (Å²) in [6.07, 6.45) is 1.20. The maximum atomic E-state index is 11.1. The van der Waals surface area contributed by atoms with Crippen molar-refractivity contribution in [1.29, 1.82) is 0 Å². The number of carbonyl (C=O) groups is 1. The molecule has 0 aromatic rings. The second-order valence-corrected chi connectivity index (χ2v) is 7.06. The number of aliphatic carboxylic acids is 1. The lowest BCUT2D eigenvalue weighted by Gasteiger charge is -2.16. The van der Waals surface area contributed by atoms with E-state index < -0.39 is 26.0 Å². The maximum Gasteiger partial charge on any atom is 0.303 e. The fraction of sp³-hybridized carbons (Fsp3) is 0.833. The van der Waals surface area contributed by atoms with Crippen LogP contribution in [0.2, 0.25) is 0 Å². The van der Waals surface area contributed by atoms with Crippen LogP contribution in [0.1, 0.15) is 12.8 Å². The van der Waals surface area contributed by atoms with Crippen molar-refractivity contribution in [3.63, 3.8) is 0 Å². The van der Waals surface area contributed by atoms with Crippen LogP contribution in [0.3, 0.4) is 0 Å². The van der Waals surface area contributed by atoms with E-state index in [-0.39, 0.29) is 19.4 Å². The lowest BCUT2D eigenvalue weighted by Crippen LogP contribution is -2.36. The summed E-state index contributed by atoms with van der Waals surface area (Å²) in [6.45, 7) is -0.343. The van der Waals surface area contributed by atoms with Crippen LogP contribution in [-0.4, -0.2) is 50.7 Å². The normalized spacial score (nSPS) is 13.0. The summed E-state index contributed by atoms with van der Waals surface area (Å²) in [5.74, 6) is -1.10.